The van der Waals surface area contributed by atoms with Gasteiger partial charge in [-0.3, -0.25) is 19.3 Å². The molecule has 0 unspecified atom stereocenters. The Morgan fingerprint density at radius 3 is 2.09 bits per heavy atom. The molecule has 2 bridgehead atoms. The number of carbonyl (C=O) groups excluding carboxylic acids is 4. The van der Waals surface area contributed by atoms with E-state index in [1.165, 1.54) is 59.0 Å². The zero-order valence-corrected chi connectivity index (χ0v) is 26.3. The molecule has 2 aliphatic carbocycles. The number of carbonyl (C=O) groups is 4. The number of nitrogens with zero attached hydrogens (tertiary/aromatic N) is 1. The first-order chi connectivity index (χ1) is 22.6. The van der Waals surface area contributed by atoms with Crippen molar-refractivity contribution in [2.75, 3.05) is 11.5 Å². The Balaban J connectivity index is 0.954. The third-order valence-corrected chi connectivity index (χ3v) is 10.9. The first-order valence-electron chi connectivity index (χ1n) is 15.4. The molecule has 3 aliphatic rings. The summed E-state index contributed by atoms with van der Waals surface area (Å²) in [7, 11) is -4.04. The van der Waals surface area contributed by atoms with E-state index >= 15 is 0 Å². The van der Waals surface area contributed by atoms with Crippen LogP contribution in [0, 0.1) is 30.6 Å². The molecule has 4 aromatic carbocycles. The quantitative estimate of drug-likeness (QED) is 0.0975. The van der Waals surface area contributed by atoms with Gasteiger partial charge in [0.05, 0.1) is 23.1 Å². The highest BCUT2D eigenvalue weighted by Gasteiger charge is 2.64. The number of aryl methyl sites for hydroxylation is 1. The number of hydrogen-bond acceptors (Lipinski definition) is 8. The number of hydrogen-bond donors (Lipinski definition) is 0. The van der Waals surface area contributed by atoms with Crippen molar-refractivity contribution < 1.29 is 36.5 Å². The van der Waals surface area contributed by atoms with Gasteiger partial charge in [0.1, 0.15) is 10.6 Å². The fourth-order valence-corrected chi connectivity index (χ4v) is 8.35. The maximum Gasteiger partial charge on any atom is 0.339 e. The molecule has 1 aliphatic heterocycles. The molecule has 2 amide bonds. The Morgan fingerprint density at radius 2 is 1.40 bits per heavy atom. The molecule has 0 radical (unpaired) electrons. The van der Waals surface area contributed by atoms with Gasteiger partial charge in [-0.2, -0.15) is 8.42 Å². The molecule has 1 heterocycles. The Morgan fingerprint density at radius 1 is 0.766 bits per heavy atom. The maximum atomic E-state index is 13.6. The van der Waals surface area contributed by atoms with Gasteiger partial charge >= 0.3 is 16.1 Å². The molecule has 1 saturated heterocycles. The second-order valence-electron chi connectivity index (χ2n) is 12.4. The third-order valence-electron chi connectivity index (χ3n) is 9.63. The average Bonchev–Trinajstić information content (AvgIpc) is 3.75. The van der Waals surface area contributed by atoms with Crippen LogP contribution >= 0.6 is 0 Å². The molecule has 9 nitrogen and oxygen atoms in total. The van der Waals surface area contributed by atoms with E-state index in [0.717, 1.165) is 18.4 Å². The van der Waals surface area contributed by atoms with Crippen molar-refractivity contribution in [3.8, 4) is 5.75 Å². The number of rotatable bonds is 9. The first-order valence-corrected chi connectivity index (χ1v) is 16.9. The number of fused-ring (bicyclic) bond motifs is 5. The lowest BCUT2D eigenvalue weighted by Gasteiger charge is -2.28. The van der Waals surface area contributed by atoms with Gasteiger partial charge in [0, 0.05) is 5.56 Å². The second kappa shape index (κ2) is 11.9. The fraction of sp³-hybridized carbons (Fsp3) is 0.243. The topological polar surface area (TPSA) is 124 Å². The van der Waals surface area contributed by atoms with Gasteiger partial charge in [-0.25, -0.2) is 4.79 Å². The van der Waals surface area contributed by atoms with Crippen molar-refractivity contribution in [3.63, 3.8) is 0 Å². The summed E-state index contributed by atoms with van der Waals surface area (Å²) in [5.41, 5.74) is 2.90. The first kappa shape index (κ1) is 30.6. The van der Waals surface area contributed by atoms with Crippen LogP contribution < -0.4 is 9.08 Å². The minimum absolute atomic E-state index is 0.00765. The zero-order chi connectivity index (χ0) is 32.9. The molecule has 0 N–H and O–H groups in total. The molecule has 5 atom stereocenters. The largest absolute Gasteiger partial charge is 0.454 e. The molecule has 47 heavy (non-hydrogen) atoms. The average molecular weight is 650 g/mol. The predicted octanol–water partition coefficient (Wildman–Crippen LogP) is 5.73. The van der Waals surface area contributed by atoms with Gasteiger partial charge in [0.2, 0.25) is 11.8 Å². The summed E-state index contributed by atoms with van der Waals surface area (Å²) < 4.78 is 35.4. The van der Waals surface area contributed by atoms with Gasteiger partial charge in [-0.1, -0.05) is 48.0 Å². The van der Waals surface area contributed by atoms with Crippen LogP contribution in [0.5, 0.6) is 5.75 Å². The summed E-state index contributed by atoms with van der Waals surface area (Å²) in [6.07, 6.45) is 1.79. The molecule has 0 aromatic heterocycles. The lowest BCUT2D eigenvalue weighted by molar-refractivity contribution is -0.123. The van der Waals surface area contributed by atoms with E-state index in [9.17, 15) is 27.6 Å². The van der Waals surface area contributed by atoms with Crippen LogP contribution in [0.2, 0.25) is 0 Å². The van der Waals surface area contributed by atoms with Gasteiger partial charge in [-0.05, 0) is 104 Å². The minimum atomic E-state index is -4.04. The molecule has 2 saturated carbocycles. The van der Waals surface area contributed by atoms with Crippen molar-refractivity contribution >= 4 is 39.4 Å². The van der Waals surface area contributed by atoms with Crippen LogP contribution in [-0.4, -0.2) is 38.6 Å². The van der Waals surface area contributed by atoms with E-state index in [4.69, 9.17) is 8.92 Å². The van der Waals surface area contributed by atoms with Gasteiger partial charge in [-0.15, -0.1) is 0 Å². The smallest absolute Gasteiger partial charge is 0.339 e. The number of ketones is 1. The molecule has 4 aromatic rings. The number of imide groups is 1. The van der Waals surface area contributed by atoms with Gasteiger partial charge in [0.25, 0.3) is 0 Å². The number of benzene rings is 4. The predicted molar refractivity (Wildman–Crippen MR) is 171 cm³/mol. The Kier molecular flexibility index (Phi) is 7.76. The summed E-state index contributed by atoms with van der Waals surface area (Å²) in [6, 6.07) is 27.9. The van der Waals surface area contributed by atoms with Crippen LogP contribution in [0.3, 0.4) is 0 Å². The molecular formula is C37H31NO8S. The number of amides is 2. The van der Waals surface area contributed by atoms with Gasteiger partial charge in [0.15, 0.2) is 12.4 Å². The fourth-order valence-electron chi connectivity index (χ4n) is 7.42. The summed E-state index contributed by atoms with van der Waals surface area (Å²) in [5, 5.41) is 0. The highest BCUT2D eigenvalue weighted by atomic mass is 32.2. The SMILES string of the molecule is Cc1ccc(S(=O)(=O)Oc2ccc(C(=O)COC(=O)c3ccc(N4C(=O)[C@H]5[C@H]6C[C@@H]([C@@H]5C4=O)[C@@H](c4ccccc4)C6)cc3)cc2)cc1. The van der Waals surface area contributed by atoms with Crippen LogP contribution in [0.4, 0.5) is 5.69 Å². The van der Waals surface area contributed by atoms with E-state index in [1.54, 1.807) is 24.3 Å². The normalized spacial score (nSPS) is 23.1. The zero-order valence-electron chi connectivity index (χ0n) is 25.4. The molecule has 3 fully saturated rings. The molecule has 10 heteroatoms. The number of ether oxygens (including phenoxy) is 1. The summed E-state index contributed by atoms with van der Waals surface area (Å²) in [5.74, 6) is -1.62. The monoisotopic (exact) mass is 649 g/mol. The standard InChI is InChI=1S/C37H31NO8S/c1-22-7-17-29(18-8-22)47(43,44)46-28-15-11-24(12-16-28)32(39)21-45-37(42)25-9-13-27(14-10-25)38-35(40)33-26-19-30(23-5-3-2-4-6-23)31(20-26)34(33)36(38)41/h2-18,26,30-31,33-34H,19-21H2,1H3/t26-,30-,31-,33+,34+/m1/s1. The Labute approximate surface area is 272 Å². The molecular weight excluding hydrogens is 618 g/mol. The highest BCUT2D eigenvalue weighted by molar-refractivity contribution is 7.87. The number of esters is 1. The van der Waals surface area contributed by atoms with Crippen LogP contribution in [-0.2, 0) is 24.4 Å². The number of anilines is 1. The van der Waals surface area contributed by atoms with Crippen LogP contribution in [0.25, 0.3) is 0 Å². The summed E-state index contributed by atoms with van der Waals surface area (Å²) in [6.45, 7) is 1.30. The van der Waals surface area contributed by atoms with E-state index in [0.29, 0.717) is 5.69 Å². The summed E-state index contributed by atoms with van der Waals surface area (Å²) in [4.78, 5) is 53.7. The second-order valence-corrected chi connectivity index (χ2v) is 13.9. The van der Waals surface area contributed by atoms with Crippen molar-refractivity contribution in [2.24, 2.45) is 23.7 Å². The van der Waals surface area contributed by atoms with Crippen molar-refractivity contribution in [2.45, 2.75) is 30.6 Å². The Hall–Kier alpha value is -5.09. The molecule has 7 rings (SSSR count). The van der Waals surface area contributed by atoms with Crippen LogP contribution in [0.1, 0.15) is 50.6 Å². The molecule has 238 valence electrons. The molecule has 0 spiro atoms. The van der Waals surface area contributed by atoms with Crippen LogP contribution in [0.15, 0.2) is 108 Å². The third kappa shape index (κ3) is 5.63. The number of Topliss-reactive ketones (excluding diaryl/α,β-unsaturated/α-hetero) is 1. The minimum Gasteiger partial charge on any atom is -0.454 e. The van der Waals surface area contributed by atoms with E-state index in [1.807, 2.05) is 25.1 Å². The summed E-state index contributed by atoms with van der Waals surface area (Å²) >= 11 is 0. The Bertz CT molecular complexity index is 1970. The van der Waals surface area contributed by atoms with Gasteiger partial charge < -0.3 is 8.92 Å². The van der Waals surface area contributed by atoms with Crippen molar-refractivity contribution in [1.82, 2.24) is 0 Å². The van der Waals surface area contributed by atoms with E-state index in [-0.39, 0.29) is 63.2 Å². The van der Waals surface area contributed by atoms with Crippen molar-refractivity contribution in [1.29, 1.82) is 0 Å². The lowest BCUT2D eigenvalue weighted by Crippen LogP contribution is -2.33. The highest BCUT2D eigenvalue weighted by Crippen LogP contribution is 2.61. The lowest BCUT2D eigenvalue weighted by atomic mass is 9.73. The maximum absolute atomic E-state index is 13.6. The van der Waals surface area contributed by atoms with E-state index < -0.39 is 28.5 Å². The van der Waals surface area contributed by atoms with Crippen molar-refractivity contribution in [3.05, 3.63) is 125 Å². The van der Waals surface area contributed by atoms with E-state index in [2.05, 4.69) is 12.1 Å².